The summed E-state index contributed by atoms with van der Waals surface area (Å²) in [5, 5.41) is 0. The lowest BCUT2D eigenvalue weighted by Crippen LogP contribution is -2.42. The molecule has 4 aliphatic carbocycles. The van der Waals surface area contributed by atoms with Crippen molar-refractivity contribution in [1.82, 2.24) is 4.90 Å². The van der Waals surface area contributed by atoms with Crippen LogP contribution in [0.25, 0.3) is 0 Å². The molecular weight excluding hydrogens is 334 g/mol. The van der Waals surface area contributed by atoms with Crippen molar-refractivity contribution in [2.45, 2.75) is 50.0 Å². The number of carbonyl (C=O) groups excluding carboxylic acids is 2. The van der Waals surface area contributed by atoms with E-state index in [-0.39, 0.29) is 41.5 Å². The highest BCUT2D eigenvalue weighted by atomic mass is 16.2. The molecule has 1 saturated carbocycles. The van der Waals surface area contributed by atoms with Crippen molar-refractivity contribution in [1.29, 1.82) is 0 Å². The molecule has 136 valence electrons. The molecule has 0 spiro atoms. The minimum Gasteiger partial charge on any atom is -0.279 e. The number of likely N-dealkylation sites (tertiary alicyclic amines) is 1. The van der Waals surface area contributed by atoms with E-state index in [9.17, 15) is 9.59 Å². The highest BCUT2D eigenvalue weighted by molar-refractivity contribution is 6.08. The van der Waals surface area contributed by atoms with Gasteiger partial charge in [-0.2, -0.15) is 0 Å². The van der Waals surface area contributed by atoms with Gasteiger partial charge >= 0.3 is 0 Å². The van der Waals surface area contributed by atoms with Crippen molar-refractivity contribution < 1.29 is 9.59 Å². The molecule has 1 saturated heterocycles. The van der Waals surface area contributed by atoms with Gasteiger partial charge in [-0.05, 0) is 35.1 Å². The van der Waals surface area contributed by atoms with Gasteiger partial charge in [-0.1, -0.05) is 67.8 Å². The second-order valence-electron chi connectivity index (χ2n) is 8.60. The van der Waals surface area contributed by atoms with Gasteiger partial charge in [0.15, 0.2) is 0 Å². The zero-order chi connectivity index (χ0) is 18.1. The molecule has 2 fully saturated rings. The molecule has 2 aromatic carbocycles. The third-order valence-corrected chi connectivity index (χ3v) is 7.42. The van der Waals surface area contributed by atoms with E-state index in [2.05, 4.69) is 48.5 Å². The molecule has 0 aromatic heterocycles. The zero-order valence-electron chi connectivity index (χ0n) is 15.3. The predicted octanol–water partition coefficient (Wildman–Crippen LogP) is 4.21. The van der Waals surface area contributed by atoms with Gasteiger partial charge in [0, 0.05) is 17.9 Å². The highest BCUT2D eigenvalue weighted by Gasteiger charge is 2.62. The van der Waals surface area contributed by atoms with E-state index < -0.39 is 0 Å². The zero-order valence-corrected chi connectivity index (χ0v) is 15.3. The monoisotopic (exact) mass is 357 g/mol. The lowest BCUT2D eigenvalue weighted by molar-refractivity contribution is -0.143. The Kier molecular flexibility index (Phi) is 3.21. The smallest absolute Gasteiger partial charge is 0.234 e. The summed E-state index contributed by atoms with van der Waals surface area (Å²) in [7, 11) is 0. The number of carbonyl (C=O) groups is 2. The number of amides is 2. The third-order valence-electron chi connectivity index (χ3n) is 7.42. The van der Waals surface area contributed by atoms with E-state index in [4.69, 9.17) is 0 Å². The highest BCUT2D eigenvalue weighted by Crippen LogP contribution is 2.61. The van der Waals surface area contributed by atoms with Crippen LogP contribution in [0.4, 0.5) is 0 Å². The van der Waals surface area contributed by atoms with Crippen molar-refractivity contribution >= 4 is 11.8 Å². The summed E-state index contributed by atoms with van der Waals surface area (Å²) >= 11 is 0. The van der Waals surface area contributed by atoms with E-state index in [0.717, 1.165) is 25.7 Å². The number of benzene rings is 2. The van der Waals surface area contributed by atoms with Crippen LogP contribution >= 0.6 is 0 Å². The van der Waals surface area contributed by atoms with Crippen molar-refractivity contribution in [3.8, 4) is 0 Å². The van der Waals surface area contributed by atoms with Crippen LogP contribution in [-0.2, 0) is 9.59 Å². The SMILES string of the molecule is O=C1[C@@H]2C3c4ccccc4C(c4ccccc43)[C@@H]2C(=O)N1C1CCCCC1. The van der Waals surface area contributed by atoms with Crippen molar-refractivity contribution in [3.05, 3.63) is 70.8 Å². The molecule has 3 nitrogen and oxygen atoms in total. The first kappa shape index (κ1) is 15.6. The maximum Gasteiger partial charge on any atom is 0.234 e. The quantitative estimate of drug-likeness (QED) is 0.717. The Balaban J connectivity index is 1.53. The molecule has 2 aromatic rings. The van der Waals surface area contributed by atoms with E-state index in [0.29, 0.717) is 0 Å². The maximum atomic E-state index is 13.6. The Bertz CT molecular complexity index is 843. The number of nitrogens with zero attached hydrogens (tertiary/aromatic N) is 1. The fourth-order valence-corrected chi connectivity index (χ4v) is 6.40. The molecule has 5 aliphatic rings. The first-order valence-electron chi connectivity index (χ1n) is 10.3. The molecule has 27 heavy (non-hydrogen) atoms. The Hall–Kier alpha value is -2.42. The fraction of sp³-hybridized carbons (Fsp3) is 0.417. The van der Waals surface area contributed by atoms with Crippen LogP contribution in [-0.4, -0.2) is 22.8 Å². The molecule has 0 unspecified atom stereocenters. The number of imide groups is 1. The summed E-state index contributed by atoms with van der Waals surface area (Å²) in [6.07, 6.45) is 5.44. The summed E-state index contributed by atoms with van der Waals surface area (Å²) in [4.78, 5) is 28.8. The van der Waals surface area contributed by atoms with Crippen LogP contribution in [0, 0.1) is 11.8 Å². The van der Waals surface area contributed by atoms with Gasteiger partial charge in [0.25, 0.3) is 0 Å². The van der Waals surface area contributed by atoms with Crippen LogP contribution < -0.4 is 0 Å². The average molecular weight is 357 g/mol. The van der Waals surface area contributed by atoms with Gasteiger partial charge in [-0.15, -0.1) is 0 Å². The van der Waals surface area contributed by atoms with Crippen molar-refractivity contribution in [2.75, 3.05) is 0 Å². The average Bonchev–Trinajstić information content (AvgIpc) is 3.00. The Morgan fingerprint density at radius 2 is 1.04 bits per heavy atom. The molecule has 1 aliphatic heterocycles. The van der Waals surface area contributed by atoms with Gasteiger partial charge < -0.3 is 0 Å². The molecule has 2 amide bonds. The predicted molar refractivity (Wildman–Crippen MR) is 102 cm³/mol. The summed E-state index contributed by atoms with van der Waals surface area (Å²) in [5.41, 5.74) is 5.03. The van der Waals surface area contributed by atoms with Crippen molar-refractivity contribution in [3.63, 3.8) is 0 Å². The maximum absolute atomic E-state index is 13.6. The third kappa shape index (κ3) is 1.92. The number of hydrogen-bond donors (Lipinski definition) is 0. The molecule has 0 N–H and O–H groups in total. The molecule has 1 heterocycles. The van der Waals surface area contributed by atoms with Crippen LogP contribution in [0.1, 0.15) is 66.2 Å². The lowest BCUT2D eigenvalue weighted by atomic mass is 9.55. The molecule has 7 rings (SSSR count). The van der Waals surface area contributed by atoms with Gasteiger partial charge in [-0.3, -0.25) is 14.5 Å². The van der Waals surface area contributed by atoms with E-state index in [1.165, 1.54) is 28.7 Å². The molecular formula is C24H23NO2. The minimum absolute atomic E-state index is 0.0254. The van der Waals surface area contributed by atoms with Crippen LogP contribution in [0.2, 0.25) is 0 Å². The summed E-state index contributed by atoms with van der Waals surface area (Å²) in [5.74, 6) is -0.190. The number of hydrogen-bond acceptors (Lipinski definition) is 2. The molecule has 0 radical (unpaired) electrons. The van der Waals surface area contributed by atoms with Crippen LogP contribution in [0.5, 0.6) is 0 Å². The minimum atomic E-state index is -0.214. The molecule has 2 bridgehead atoms. The Morgan fingerprint density at radius 1 is 0.630 bits per heavy atom. The summed E-state index contributed by atoms with van der Waals surface area (Å²) in [6.45, 7) is 0. The van der Waals surface area contributed by atoms with Crippen LogP contribution in [0.3, 0.4) is 0 Å². The fourth-order valence-electron chi connectivity index (χ4n) is 6.40. The molecule has 3 heteroatoms. The van der Waals surface area contributed by atoms with E-state index >= 15 is 0 Å². The van der Waals surface area contributed by atoms with Gasteiger partial charge in [0.05, 0.1) is 11.8 Å². The Labute approximate surface area is 159 Å². The van der Waals surface area contributed by atoms with E-state index in [1.807, 2.05) is 0 Å². The second kappa shape index (κ2) is 5.54. The topological polar surface area (TPSA) is 37.4 Å². The summed E-state index contributed by atoms with van der Waals surface area (Å²) in [6, 6.07) is 17.1. The lowest BCUT2D eigenvalue weighted by Gasteiger charge is -2.45. The normalized spacial score (nSPS) is 31.6. The standard InChI is InChI=1S/C24H23NO2/c26-23-21-19-15-10-4-5-11-16(15)20(18-13-7-6-12-17(18)19)22(21)24(27)25(23)14-8-2-1-3-9-14/h4-7,10-14,19-22H,1-3,8-9H2/t19?,20?,21-,22+. The van der Waals surface area contributed by atoms with E-state index in [1.54, 1.807) is 4.90 Å². The van der Waals surface area contributed by atoms with Crippen LogP contribution in [0.15, 0.2) is 48.5 Å². The Morgan fingerprint density at radius 3 is 1.44 bits per heavy atom. The van der Waals surface area contributed by atoms with Crippen molar-refractivity contribution in [2.24, 2.45) is 11.8 Å². The summed E-state index contributed by atoms with van der Waals surface area (Å²) < 4.78 is 0. The number of rotatable bonds is 1. The second-order valence-corrected chi connectivity index (χ2v) is 8.60. The van der Waals surface area contributed by atoms with Gasteiger partial charge in [-0.25, -0.2) is 0 Å². The molecule has 2 atom stereocenters. The van der Waals surface area contributed by atoms with Gasteiger partial charge in [0.2, 0.25) is 11.8 Å². The first-order chi connectivity index (χ1) is 13.3. The first-order valence-corrected chi connectivity index (χ1v) is 10.3. The van der Waals surface area contributed by atoms with Gasteiger partial charge in [0.1, 0.15) is 0 Å². The largest absolute Gasteiger partial charge is 0.279 e.